The van der Waals surface area contributed by atoms with Crippen LogP contribution in [0.25, 0.3) is 0 Å². The van der Waals surface area contributed by atoms with Crippen LogP contribution >= 0.6 is 0 Å². The minimum atomic E-state index is 0.601. The fourth-order valence-electron chi connectivity index (χ4n) is 1.08. The average Bonchev–Trinajstić information content (AvgIpc) is 2.34. The molecule has 0 amide bonds. The molecular weight excluding hydrogens is 222 g/mol. The van der Waals surface area contributed by atoms with E-state index in [1.54, 1.807) is 14.2 Å². The van der Waals surface area contributed by atoms with Gasteiger partial charge < -0.3 is 24.8 Å². The van der Waals surface area contributed by atoms with Gasteiger partial charge in [0.2, 0.25) is 0 Å². The van der Waals surface area contributed by atoms with Gasteiger partial charge in [-0.1, -0.05) is 0 Å². The molecule has 0 aromatic carbocycles. The average molecular weight is 247 g/mol. The van der Waals surface area contributed by atoms with Crippen molar-refractivity contribution in [2.24, 2.45) is 4.99 Å². The molecule has 102 valence electrons. The second-order valence-corrected chi connectivity index (χ2v) is 3.29. The van der Waals surface area contributed by atoms with Crippen LogP contribution in [0.5, 0.6) is 0 Å². The third-order valence-electron chi connectivity index (χ3n) is 1.88. The molecule has 0 fully saturated rings. The summed E-state index contributed by atoms with van der Waals surface area (Å²) in [5.41, 5.74) is 0. The van der Waals surface area contributed by atoms with Gasteiger partial charge in [0.25, 0.3) is 0 Å². The first-order chi connectivity index (χ1) is 8.35. The standard InChI is InChI=1S/C11H25N3O3/c1-4-12-11(13-5-7-15-2)14-6-8-17-10-9-16-3/h4-10H2,1-3H3,(H2,12,13,14). The van der Waals surface area contributed by atoms with Crippen molar-refractivity contribution in [1.82, 2.24) is 10.6 Å². The summed E-state index contributed by atoms with van der Waals surface area (Å²) in [5.74, 6) is 0.792. The van der Waals surface area contributed by atoms with E-state index in [1.165, 1.54) is 0 Å². The first kappa shape index (κ1) is 16.1. The second-order valence-electron chi connectivity index (χ2n) is 3.29. The van der Waals surface area contributed by atoms with Gasteiger partial charge in [0.15, 0.2) is 5.96 Å². The summed E-state index contributed by atoms with van der Waals surface area (Å²) in [4.78, 5) is 4.36. The van der Waals surface area contributed by atoms with E-state index in [1.807, 2.05) is 6.92 Å². The number of rotatable bonds is 10. The van der Waals surface area contributed by atoms with Crippen LogP contribution in [0.4, 0.5) is 0 Å². The third kappa shape index (κ3) is 11.4. The molecule has 0 aromatic rings. The van der Waals surface area contributed by atoms with Crippen LogP contribution in [0.2, 0.25) is 0 Å². The van der Waals surface area contributed by atoms with Crippen LogP contribution in [0, 0.1) is 0 Å². The Labute approximate surface area is 104 Å². The van der Waals surface area contributed by atoms with Gasteiger partial charge in [-0.05, 0) is 6.92 Å². The molecule has 0 saturated carbocycles. The van der Waals surface area contributed by atoms with Crippen LogP contribution in [0.1, 0.15) is 6.92 Å². The largest absolute Gasteiger partial charge is 0.383 e. The van der Waals surface area contributed by atoms with E-state index in [-0.39, 0.29) is 0 Å². The van der Waals surface area contributed by atoms with Gasteiger partial charge in [-0.3, -0.25) is 4.99 Å². The number of aliphatic imine (C=N–C) groups is 1. The first-order valence-electron chi connectivity index (χ1n) is 5.93. The van der Waals surface area contributed by atoms with Crippen LogP contribution in [0.3, 0.4) is 0 Å². The smallest absolute Gasteiger partial charge is 0.191 e. The first-order valence-corrected chi connectivity index (χ1v) is 5.93. The molecule has 2 N–H and O–H groups in total. The Hall–Kier alpha value is -0.850. The highest BCUT2D eigenvalue weighted by Crippen LogP contribution is 1.79. The van der Waals surface area contributed by atoms with Crippen molar-refractivity contribution in [3.05, 3.63) is 0 Å². The van der Waals surface area contributed by atoms with Gasteiger partial charge in [0.05, 0.1) is 33.0 Å². The summed E-state index contributed by atoms with van der Waals surface area (Å²) < 4.78 is 15.1. The van der Waals surface area contributed by atoms with Crippen molar-refractivity contribution < 1.29 is 14.2 Å². The van der Waals surface area contributed by atoms with Gasteiger partial charge in [-0.2, -0.15) is 0 Å². The molecule has 0 saturated heterocycles. The number of nitrogens with zero attached hydrogens (tertiary/aromatic N) is 1. The molecule has 6 heteroatoms. The lowest BCUT2D eigenvalue weighted by molar-refractivity contribution is 0.0748. The molecule has 0 radical (unpaired) electrons. The lowest BCUT2D eigenvalue weighted by Gasteiger charge is -2.10. The molecule has 0 rings (SSSR count). The minimum absolute atomic E-state index is 0.601. The van der Waals surface area contributed by atoms with Crippen molar-refractivity contribution in [3.8, 4) is 0 Å². The Morgan fingerprint density at radius 2 is 1.76 bits per heavy atom. The molecule has 0 bridgehead atoms. The predicted molar refractivity (Wildman–Crippen MR) is 68.6 cm³/mol. The molecule has 6 nitrogen and oxygen atoms in total. The van der Waals surface area contributed by atoms with E-state index < -0.39 is 0 Å². The van der Waals surface area contributed by atoms with Gasteiger partial charge in [-0.25, -0.2) is 0 Å². The van der Waals surface area contributed by atoms with Gasteiger partial charge >= 0.3 is 0 Å². The summed E-state index contributed by atoms with van der Waals surface area (Å²) in [6, 6.07) is 0. The Morgan fingerprint density at radius 1 is 1.00 bits per heavy atom. The van der Waals surface area contributed by atoms with E-state index in [4.69, 9.17) is 14.2 Å². The number of methoxy groups -OCH3 is 2. The number of guanidine groups is 1. The maximum absolute atomic E-state index is 5.32. The van der Waals surface area contributed by atoms with E-state index in [2.05, 4.69) is 15.6 Å². The van der Waals surface area contributed by atoms with Crippen molar-refractivity contribution in [3.63, 3.8) is 0 Å². The van der Waals surface area contributed by atoms with E-state index >= 15 is 0 Å². The molecule has 17 heavy (non-hydrogen) atoms. The summed E-state index contributed by atoms with van der Waals surface area (Å²) in [7, 11) is 3.33. The number of nitrogens with one attached hydrogen (secondary N) is 2. The third-order valence-corrected chi connectivity index (χ3v) is 1.88. The lowest BCUT2D eigenvalue weighted by atomic mass is 10.6. The second kappa shape index (κ2) is 13.2. The molecule has 0 heterocycles. The van der Waals surface area contributed by atoms with Crippen LogP contribution in [0.15, 0.2) is 4.99 Å². The summed E-state index contributed by atoms with van der Waals surface area (Å²) >= 11 is 0. The van der Waals surface area contributed by atoms with Gasteiger partial charge in [0, 0.05) is 27.3 Å². The van der Waals surface area contributed by atoms with E-state index in [0.29, 0.717) is 33.0 Å². The van der Waals surface area contributed by atoms with Gasteiger partial charge in [-0.15, -0.1) is 0 Å². The quantitative estimate of drug-likeness (QED) is 0.319. The Bertz CT molecular complexity index is 189. The molecule has 0 aliphatic carbocycles. The fourth-order valence-corrected chi connectivity index (χ4v) is 1.08. The molecule has 0 atom stereocenters. The molecular formula is C11H25N3O3. The summed E-state index contributed by atoms with van der Waals surface area (Å²) in [6.45, 7) is 6.74. The highest BCUT2D eigenvalue weighted by Gasteiger charge is 1.95. The SMILES string of the molecule is CCNC(=NCCOCCOC)NCCOC. The highest BCUT2D eigenvalue weighted by atomic mass is 16.5. The zero-order chi connectivity index (χ0) is 12.8. The molecule has 0 aliphatic rings. The number of ether oxygens (including phenoxy) is 3. The topological polar surface area (TPSA) is 64.1 Å². The van der Waals surface area contributed by atoms with Crippen molar-refractivity contribution in [2.45, 2.75) is 6.92 Å². The van der Waals surface area contributed by atoms with Crippen LogP contribution in [-0.2, 0) is 14.2 Å². The zero-order valence-corrected chi connectivity index (χ0v) is 11.1. The Balaban J connectivity index is 3.62. The Kier molecular flexibility index (Phi) is 12.6. The molecule has 0 aliphatic heterocycles. The maximum atomic E-state index is 5.32. The molecule has 0 unspecified atom stereocenters. The molecule has 0 aromatic heterocycles. The summed E-state index contributed by atoms with van der Waals surface area (Å²) in [6.07, 6.45) is 0. The van der Waals surface area contributed by atoms with Gasteiger partial charge in [0.1, 0.15) is 0 Å². The zero-order valence-electron chi connectivity index (χ0n) is 11.1. The van der Waals surface area contributed by atoms with Crippen LogP contribution < -0.4 is 10.6 Å². The molecule has 0 spiro atoms. The minimum Gasteiger partial charge on any atom is -0.383 e. The monoisotopic (exact) mass is 247 g/mol. The maximum Gasteiger partial charge on any atom is 0.191 e. The fraction of sp³-hybridized carbons (Fsp3) is 0.909. The summed E-state index contributed by atoms with van der Waals surface area (Å²) in [5, 5.41) is 6.30. The predicted octanol–water partition coefficient (Wildman–Crippen LogP) is -0.149. The van der Waals surface area contributed by atoms with Crippen molar-refractivity contribution in [2.75, 3.05) is 60.3 Å². The van der Waals surface area contributed by atoms with Crippen molar-refractivity contribution in [1.29, 1.82) is 0 Å². The van der Waals surface area contributed by atoms with Crippen LogP contribution in [-0.4, -0.2) is 66.2 Å². The number of hydrogen-bond donors (Lipinski definition) is 2. The van der Waals surface area contributed by atoms with E-state index in [0.717, 1.165) is 19.0 Å². The highest BCUT2D eigenvalue weighted by molar-refractivity contribution is 5.79. The van der Waals surface area contributed by atoms with E-state index in [9.17, 15) is 0 Å². The lowest BCUT2D eigenvalue weighted by Crippen LogP contribution is -2.39. The normalized spacial score (nSPS) is 11.6. The van der Waals surface area contributed by atoms with Crippen molar-refractivity contribution >= 4 is 5.96 Å². The number of hydrogen-bond acceptors (Lipinski definition) is 4. The Morgan fingerprint density at radius 3 is 2.41 bits per heavy atom.